The van der Waals surface area contributed by atoms with E-state index in [1.54, 1.807) is 12.4 Å². The summed E-state index contributed by atoms with van der Waals surface area (Å²) in [6.07, 6.45) is 4.48. The van der Waals surface area contributed by atoms with Crippen molar-refractivity contribution in [1.82, 2.24) is 4.98 Å². The molecule has 0 aliphatic heterocycles. The molecule has 1 aromatic rings. The predicted molar refractivity (Wildman–Crippen MR) is 77.2 cm³/mol. The number of ether oxygens (including phenoxy) is 2. The molecule has 0 saturated heterocycles. The van der Waals surface area contributed by atoms with E-state index >= 15 is 0 Å². The van der Waals surface area contributed by atoms with Crippen LogP contribution in [0.5, 0.6) is 5.75 Å². The average Bonchev–Trinajstić information content (AvgIpc) is 2.41. The third-order valence-electron chi connectivity index (χ3n) is 2.96. The summed E-state index contributed by atoms with van der Waals surface area (Å²) in [4.78, 5) is 4.20. The molecule has 1 heterocycles. The highest BCUT2D eigenvalue weighted by Crippen LogP contribution is 2.24. The summed E-state index contributed by atoms with van der Waals surface area (Å²) in [6.45, 7) is 9.65. The maximum absolute atomic E-state index is 6.30. The van der Waals surface area contributed by atoms with Crippen LogP contribution >= 0.6 is 0 Å². The zero-order valence-corrected chi connectivity index (χ0v) is 12.4. The molecular weight excluding hydrogens is 240 g/mol. The monoisotopic (exact) mass is 266 g/mol. The van der Waals surface area contributed by atoms with Crippen molar-refractivity contribution in [2.24, 2.45) is 11.7 Å². The molecule has 2 atom stereocenters. The Hall–Kier alpha value is -1.13. The van der Waals surface area contributed by atoms with Crippen LogP contribution in [0.1, 0.15) is 45.7 Å². The minimum atomic E-state index is -0.183. The van der Waals surface area contributed by atoms with Gasteiger partial charge in [0.1, 0.15) is 5.75 Å². The maximum atomic E-state index is 6.30. The normalized spacial score (nSPS) is 14.4. The summed E-state index contributed by atoms with van der Waals surface area (Å²) in [5.74, 6) is 1.13. The first-order valence-corrected chi connectivity index (χ1v) is 7.05. The van der Waals surface area contributed by atoms with Gasteiger partial charge in [0.25, 0.3) is 0 Å². The largest absolute Gasteiger partial charge is 0.492 e. The highest BCUT2D eigenvalue weighted by atomic mass is 16.5. The van der Waals surface area contributed by atoms with Crippen LogP contribution < -0.4 is 10.5 Å². The molecule has 19 heavy (non-hydrogen) atoms. The molecule has 0 aliphatic carbocycles. The van der Waals surface area contributed by atoms with Crippen molar-refractivity contribution >= 4 is 0 Å². The molecule has 0 spiro atoms. The summed E-state index contributed by atoms with van der Waals surface area (Å²) in [5, 5.41) is 0. The van der Waals surface area contributed by atoms with Crippen molar-refractivity contribution in [3.05, 3.63) is 24.0 Å². The quantitative estimate of drug-likeness (QED) is 0.786. The van der Waals surface area contributed by atoms with Gasteiger partial charge < -0.3 is 15.2 Å². The fraction of sp³-hybridized carbons (Fsp3) is 0.667. The average molecular weight is 266 g/mol. The Bertz CT molecular complexity index is 369. The van der Waals surface area contributed by atoms with E-state index in [0.717, 1.165) is 17.7 Å². The van der Waals surface area contributed by atoms with Gasteiger partial charge >= 0.3 is 0 Å². The molecule has 0 fully saturated rings. The molecule has 1 aromatic heterocycles. The lowest BCUT2D eigenvalue weighted by Gasteiger charge is -2.27. The van der Waals surface area contributed by atoms with E-state index in [4.69, 9.17) is 15.2 Å². The molecule has 0 saturated carbocycles. The van der Waals surface area contributed by atoms with Crippen molar-refractivity contribution in [2.45, 2.75) is 46.3 Å². The van der Waals surface area contributed by atoms with Gasteiger partial charge in [0.15, 0.2) is 0 Å². The molecule has 4 nitrogen and oxygen atoms in total. The van der Waals surface area contributed by atoms with Crippen molar-refractivity contribution in [2.75, 3.05) is 13.2 Å². The molecule has 0 aromatic carbocycles. The predicted octanol–water partition coefficient (Wildman–Crippen LogP) is 2.93. The van der Waals surface area contributed by atoms with Crippen molar-refractivity contribution in [3.8, 4) is 5.75 Å². The Morgan fingerprint density at radius 2 is 2.00 bits per heavy atom. The Kier molecular flexibility index (Phi) is 6.81. The number of nitrogens with two attached hydrogens (primary N) is 1. The molecular formula is C15H26N2O2. The smallest absolute Gasteiger partial charge is 0.137 e. The SMILES string of the molecule is CCCOc1cncc(C(N)C(OCC)C(C)C)c1. The second kappa shape index (κ2) is 8.12. The Morgan fingerprint density at radius 1 is 1.26 bits per heavy atom. The zero-order chi connectivity index (χ0) is 14.3. The molecule has 0 bridgehead atoms. The Balaban J connectivity index is 2.81. The number of hydrogen-bond donors (Lipinski definition) is 1. The number of aromatic nitrogens is 1. The van der Waals surface area contributed by atoms with Gasteiger partial charge in [0, 0.05) is 12.8 Å². The number of hydrogen-bond acceptors (Lipinski definition) is 4. The third kappa shape index (κ3) is 4.80. The van der Waals surface area contributed by atoms with Gasteiger partial charge in [-0.3, -0.25) is 4.98 Å². The molecule has 108 valence electrons. The molecule has 2 unspecified atom stereocenters. The molecule has 0 amide bonds. The third-order valence-corrected chi connectivity index (χ3v) is 2.96. The molecule has 1 rings (SSSR count). The summed E-state index contributed by atoms with van der Waals surface area (Å²) >= 11 is 0. The maximum Gasteiger partial charge on any atom is 0.137 e. The van der Waals surface area contributed by atoms with Crippen LogP contribution in [0.4, 0.5) is 0 Å². The molecule has 0 radical (unpaired) electrons. The van der Waals surface area contributed by atoms with Gasteiger partial charge in [-0.05, 0) is 30.9 Å². The van der Waals surface area contributed by atoms with E-state index in [-0.39, 0.29) is 12.1 Å². The lowest BCUT2D eigenvalue weighted by atomic mass is 9.95. The lowest BCUT2D eigenvalue weighted by Crippen LogP contribution is -2.33. The van der Waals surface area contributed by atoms with E-state index in [0.29, 0.717) is 19.1 Å². The van der Waals surface area contributed by atoms with Crippen LogP contribution in [0, 0.1) is 5.92 Å². The first-order chi connectivity index (χ1) is 9.10. The first-order valence-electron chi connectivity index (χ1n) is 7.05. The van der Waals surface area contributed by atoms with E-state index in [1.807, 2.05) is 13.0 Å². The minimum Gasteiger partial charge on any atom is -0.492 e. The van der Waals surface area contributed by atoms with Crippen LogP contribution in [-0.2, 0) is 4.74 Å². The van der Waals surface area contributed by atoms with Crippen LogP contribution in [0.25, 0.3) is 0 Å². The van der Waals surface area contributed by atoms with Crippen LogP contribution in [0.3, 0.4) is 0 Å². The van der Waals surface area contributed by atoms with E-state index in [9.17, 15) is 0 Å². The van der Waals surface area contributed by atoms with Gasteiger partial charge in [0.05, 0.1) is 24.9 Å². The van der Waals surface area contributed by atoms with Crippen LogP contribution in [-0.4, -0.2) is 24.3 Å². The summed E-state index contributed by atoms with van der Waals surface area (Å²) in [7, 11) is 0. The first kappa shape index (κ1) is 15.9. The number of rotatable bonds is 8. The molecule has 4 heteroatoms. The highest BCUT2D eigenvalue weighted by molar-refractivity contribution is 5.26. The Morgan fingerprint density at radius 3 is 2.58 bits per heavy atom. The van der Waals surface area contributed by atoms with Crippen molar-refractivity contribution < 1.29 is 9.47 Å². The highest BCUT2D eigenvalue weighted by Gasteiger charge is 2.23. The van der Waals surface area contributed by atoms with E-state index in [2.05, 4.69) is 25.8 Å². The van der Waals surface area contributed by atoms with Gasteiger partial charge in [-0.15, -0.1) is 0 Å². The van der Waals surface area contributed by atoms with Crippen LogP contribution in [0.2, 0.25) is 0 Å². The van der Waals surface area contributed by atoms with Crippen molar-refractivity contribution in [3.63, 3.8) is 0 Å². The number of nitrogens with zero attached hydrogens (tertiary/aromatic N) is 1. The number of pyridine rings is 1. The fourth-order valence-electron chi connectivity index (χ4n) is 2.01. The zero-order valence-electron chi connectivity index (χ0n) is 12.4. The summed E-state index contributed by atoms with van der Waals surface area (Å²) in [6, 6.07) is 1.78. The molecule has 0 aliphatic rings. The van der Waals surface area contributed by atoms with E-state index < -0.39 is 0 Å². The van der Waals surface area contributed by atoms with Crippen molar-refractivity contribution in [1.29, 1.82) is 0 Å². The minimum absolute atomic E-state index is 0.00627. The van der Waals surface area contributed by atoms with Gasteiger partial charge in [-0.2, -0.15) is 0 Å². The topological polar surface area (TPSA) is 57.4 Å². The second-order valence-corrected chi connectivity index (χ2v) is 4.99. The van der Waals surface area contributed by atoms with Gasteiger partial charge in [-0.25, -0.2) is 0 Å². The standard InChI is InChI=1S/C15H26N2O2/c1-5-7-19-13-8-12(9-17-10-13)14(16)15(11(3)4)18-6-2/h8-11,14-15H,5-7,16H2,1-4H3. The van der Waals surface area contributed by atoms with Gasteiger partial charge in [0.2, 0.25) is 0 Å². The molecule has 2 N–H and O–H groups in total. The fourth-order valence-corrected chi connectivity index (χ4v) is 2.01. The van der Waals surface area contributed by atoms with Crippen LogP contribution in [0.15, 0.2) is 18.5 Å². The van der Waals surface area contributed by atoms with Gasteiger partial charge in [-0.1, -0.05) is 20.8 Å². The summed E-state index contributed by atoms with van der Waals surface area (Å²) in [5.41, 5.74) is 7.26. The Labute approximate surface area is 116 Å². The lowest BCUT2D eigenvalue weighted by molar-refractivity contribution is 0.0120. The summed E-state index contributed by atoms with van der Waals surface area (Å²) < 4.78 is 11.3. The van der Waals surface area contributed by atoms with E-state index in [1.165, 1.54) is 0 Å². The second-order valence-electron chi connectivity index (χ2n) is 4.99.